The second-order valence-corrected chi connectivity index (χ2v) is 4.53. The molecule has 0 saturated heterocycles. The summed E-state index contributed by atoms with van der Waals surface area (Å²) in [5.41, 5.74) is 1.59. The maximum absolute atomic E-state index is 12.5. The van der Waals surface area contributed by atoms with Crippen LogP contribution in [0.2, 0.25) is 0 Å². The van der Waals surface area contributed by atoms with E-state index in [-0.39, 0.29) is 5.78 Å². The van der Waals surface area contributed by atoms with Crippen LogP contribution in [0.5, 0.6) is 11.5 Å². The summed E-state index contributed by atoms with van der Waals surface area (Å²) in [6.45, 7) is 0.989. The molecule has 2 aromatic carbocycles. The fourth-order valence-corrected chi connectivity index (χ4v) is 2.17. The van der Waals surface area contributed by atoms with Crippen LogP contribution in [0.1, 0.15) is 15.9 Å². The Labute approximate surface area is 121 Å². The molecule has 0 radical (unpaired) electrons. The highest BCUT2D eigenvalue weighted by Gasteiger charge is 2.16. The van der Waals surface area contributed by atoms with Crippen molar-refractivity contribution in [1.82, 2.24) is 0 Å². The minimum atomic E-state index is -0.137. The average Bonchev–Trinajstić information content (AvgIpc) is 2.54. The zero-order valence-corrected chi connectivity index (χ0v) is 11.2. The minimum Gasteiger partial charge on any atom is -0.486 e. The third-order valence-electron chi connectivity index (χ3n) is 3.15. The lowest BCUT2D eigenvalue weighted by atomic mass is 10.0. The molecule has 1 N–H and O–H groups in total. The molecule has 21 heavy (non-hydrogen) atoms. The zero-order chi connectivity index (χ0) is 14.7. The summed E-state index contributed by atoms with van der Waals surface area (Å²) in [5, 5.41) is 2.53. The summed E-state index contributed by atoms with van der Waals surface area (Å²) in [4.78, 5) is 22.9. The Morgan fingerprint density at radius 2 is 1.76 bits per heavy atom. The molecule has 0 atom stereocenters. The van der Waals surface area contributed by atoms with Crippen LogP contribution in [0, 0.1) is 0 Å². The maximum atomic E-state index is 12.5. The third-order valence-corrected chi connectivity index (χ3v) is 3.15. The van der Waals surface area contributed by atoms with Gasteiger partial charge in [0.05, 0.1) is 0 Å². The zero-order valence-electron chi connectivity index (χ0n) is 11.2. The Hall–Kier alpha value is -2.82. The van der Waals surface area contributed by atoms with E-state index in [2.05, 4.69) is 5.32 Å². The van der Waals surface area contributed by atoms with E-state index in [1.807, 2.05) is 0 Å². The van der Waals surface area contributed by atoms with Crippen LogP contribution in [0.15, 0.2) is 42.5 Å². The standard InChI is InChI=1S/C16H13NO4/c18-10-17-13-3-1-2-11(8-13)16(19)12-4-5-14-15(9-12)21-7-6-20-14/h1-5,8-10H,6-7H2,(H,17,18). The van der Waals surface area contributed by atoms with Crippen molar-refractivity contribution < 1.29 is 19.1 Å². The third kappa shape index (κ3) is 2.72. The van der Waals surface area contributed by atoms with Crippen LogP contribution in [0.4, 0.5) is 5.69 Å². The molecule has 0 unspecified atom stereocenters. The summed E-state index contributed by atoms with van der Waals surface area (Å²) >= 11 is 0. The molecule has 1 heterocycles. The summed E-state index contributed by atoms with van der Waals surface area (Å²) in [7, 11) is 0. The summed E-state index contributed by atoms with van der Waals surface area (Å²) in [6.07, 6.45) is 0.577. The Morgan fingerprint density at radius 3 is 2.57 bits per heavy atom. The van der Waals surface area contributed by atoms with Crippen LogP contribution in [-0.2, 0) is 4.79 Å². The molecule has 0 aliphatic carbocycles. The smallest absolute Gasteiger partial charge is 0.211 e. The van der Waals surface area contributed by atoms with E-state index in [9.17, 15) is 9.59 Å². The number of anilines is 1. The Morgan fingerprint density at radius 1 is 1.00 bits per heavy atom. The number of amides is 1. The highest BCUT2D eigenvalue weighted by molar-refractivity contribution is 6.09. The van der Waals surface area contributed by atoms with Gasteiger partial charge in [0.2, 0.25) is 6.41 Å². The van der Waals surface area contributed by atoms with E-state index in [1.165, 1.54) is 0 Å². The van der Waals surface area contributed by atoms with Crippen molar-refractivity contribution in [2.24, 2.45) is 0 Å². The SMILES string of the molecule is O=CNc1cccc(C(=O)c2ccc3c(c2)OCCO3)c1. The first kappa shape index (κ1) is 13.2. The largest absolute Gasteiger partial charge is 0.486 e. The molecular formula is C16H13NO4. The second kappa shape index (κ2) is 5.66. The molecule has 1 aliphatic heterocycles. The molecule has 1 amide bonds. The number of rotatable bonds is 4. The van der Waals surface area contributed by atoms with Gasteiger partial charge >= 0.3 is 0 Å². The van der Waals surface area contributed by atoms with Gasteiger partial charge in [-0.1, -0.05) is 12.1 Å². The van der Waals surface area contributed by atoms with Crippen LogP contribution in [0.3, 0.4) is 0 Å². The second-order valence-electron chi connectivity index (χ2n) is 4.53. The fraction of sp³-hybridized carbons (Fsp3) is 0.125. The molecule has 1 aliphatic rings. The fourth-order valence-electron chi connectivity index (χ4n) is 2.17. The molecule has 0 bridgehead atoms. The number of benzene rings is 2. The van der Waals surface area contributed by atoms with Gasteiger partial charge < -0.3 is 14.8 Å². The highest BCUT2D eigenvalue weighted by Crippen LogP contribution is 2.31. The van der Waals surface area contributed by atoms with Crippen LogP contribution in [0.25, 0.3) is 0 Å². The topological polar surface area (TPSA) is 64.6 Å². The van der Waals surface area contributed by atoms with Crippen molar-refractivity contribution in [2.45, 2.75) is 0 Å². The van der Waals surface area contributed by atoms with Gasteiger partial charge in [0, 0.05) is 16.8 Å². The lowest BCUT2D eigenvalue weighted by Gasteiger charge is -2.18. The quantitative estimate of drug-likeness (QED) is 0.690. The van der Waals surface area contributed by atoms with Gasteiger partial charge in [-0.15, -0.1) is 0 Å². The van der Waals surface area contributed by atoms with Crippen molar-refractivity contribution in [2.75, 3.05) is 18.5 Å². The summed E-state index contributed by atoms with van der Waals surface area (Å²) in [5.74, 6) is 1.09. The Bertz CT molecular complexity index is 696. The molecule has 0 aromatic heterocycles. The molecular weight excluding hydrogens is 270 g/mol. The molecule has 0 saturated carbocycles. The van der Waals surface area contributed by atoms with Crippen molar-refractivity contribution in [3.05, 3.63) is 53.6 Å². The van der Waals surface area contributed by atoms with E-state index < -0.39 is 0 Å². The normalized spacial score (nSPS) is 12.6. The van der Waals surface area contributed by atoms with Crippen molar-refractivity contribution in [3.8, 4) is 11.5 Å². The first-order valence-electron chi connectivity index (χ1n) is 6.52. The van der Waals surface area contributed by atoms with Crippen molar-refractivity contribution >= 4 is 17.9 Å². The Balaban J connectivity index is 1.91. The van der Waals surface area contributed by atoms with Gasteiger partial charge in [-0.3, -0.25) is 9.59 Å². The Kier molecular flexibility index (Phi) is 3.55. The molecule has 3 rings (SSSR count). The van der Waals surface area contributed by atoms with Crippen molar-refractivity contribution in [3.63, 3.8) is 0 Å². The minimum absolute atomic E-state index is 0.137. The van der Waals surface area contributed by atoms with Gasteiger partial charge in [-0.05, 0) is 30.3 Å². The predicted octanol–water partition coefficient (Wildman–Crippen LogP) is 2.26. The van der Waals surface area contributed by atoms with Gasteiger partial charge in [0.15, 0.2) is 17.3 Å². The van der Waals surface area contributed by atoms with E-state index in [1.54, 1.807) is 42.5 Å². The van der Waals surface area contributed by atoms with Gasteiger partial charge in [0.25, 0.3) is 0 Å². The monoisotopic (exact) mass is 283 g/mol. The molecule has 106 valence electrons. The number of hydrogen-bond acceptors (Lipinski definition) is 4. The molecule has 0 fully saturated rings. The van der Waals surface area contributed by atoms with E-state index >= 15 is 0 Å². The van der Waals surface area contributed by atoms with Crippen molar-refractivity contribution in [1.29, 1.82) is 0 Å². The number of carbonyl (C=O) groups excluding carboxylic acids is 2. The maximum Gasteiger partial charge on any atom is 0.211 e. The van der Waals surface area contributed by atoms with Gasteiger partial charge in [-0.25, -0.2) is 0 Å². The average molecular weight is 283 g/mol. The summed E-state index contributed by atoms with van der Waals surface area (Å²) < 4.78 is 10.9. The van der Waals surface area contributed by atoms with Crippen LogP contribution >= 0.6 is 0 Å². The van der Waals surface area contributed by atoms with E-state index in [0.717, 1.165) is 0 Å². The number of carbonyl (C=O) groups is 2. The van der Waals surface area contributed by atoms with Gasteiger partial charge in [-0.2, -0.15) is 0 Å². The van der Waals surface area contributed by atoms with E-state index in [4.69, 9.17) is 9.47 Å². The molecule has 2 aromatic rings. The number of ketones is 1. The molecule has 5 nitrogen and oxygen atoms in total. The number of fused-ring (bicyclic) bond motifs is 1. The molecule has 0 spiro atoms. The lowest BCUT2D eigenvalue weighted by Crippen LogP contribution is -2.15. The first-order valence-corrected chi connectivity index (χ1v) is 6.52. The number of ether oxygens (including phenoxy) is 2. The highest BCUT2D eigenvalue weighted by atomic mass is 16.6. The van der Waals surface area contributed by atoms with Crippen LogP contribution < -0.4 is 14.8 Å². The lowest BCUT2D eigenvalue weighted by molar-refractivity contribution is -0.105. The predicted molar refractivity (Wildman–Crippen MR) is 77.0 cm³/mol. The first-order chi connectivity index (χ1) is 10.3. The molecule has 5 heteroatoms. The van der Waals surface area contributed by atoms with E-state index in [0.29, 0.717) is 47.9 Å². The van der Waals surface area contributed by atoms with Crippen LogP contribution in [-0.4, -0.2) is 25.4 Å². The number of nitrogens with one attached hydrogen (secondary N) is 1. The van der Waals surface area contributed by atoms with Gasteiger partial charge in [0.1, 0.15) is 13.2 Å². The number of hydrogen-bond donors (Lipinski definition) is 1. The summed E-state index contributed by atoms with van der Waals surface area (Å²) in [6, 6.07) is 11.9.